The molecule has 0 saturated carbocycles. The molecule has 2 aromatic rings. The molecule has 0 aliphatic heterocycles. The molecule has 0 unspecified atom stereocenters. The summed E-state index contributed by atoms with van der Waals surface area (Å²) in [6.45, 7) is 0. The van der Waals surface area contributed by atoms with E-state index >= 15 is 0 Å². The van der Waals surface area contributed by atoms with Crippen LogP contribution in [0.2, 0.25) is 0 Å². The smallest absolute Gasteiger partial charge is 0.163 e. The molecule has 0 atom stereocenters. The fraction of sp³-hybridized carbons (Fsp3) is 0.188. The number of hydrogen-bond acceptors (Lipinski definition) is 1. The Morgan fingerprint density at radius 3 is 2.37 bits per heavy atom. The molecular weight excluding hydrogens is 246 g/mol. The van der Waals surface area contributed by atoms with Crippen molar-refractivity contribution in [2.75, 3.05) is 0 Å². The van der Waals surface area contributed by atoms with E-state index in [1.807, 2.05) is 6.07 Å². The van der Waals surface area contributed by atoms with E-state index in [0.717, 1.165) is 35.6 Å². The maximum atomic E-state index is 13.2. The highest BCUT2D eigenvalue weighted by Crippen LogP contribution is 2.28. The van der Waals surface area contributed by atoms with Gasteiger partial charge in [0, 0.05) is 12.0 Å². The first-order chi connectivity index (χ1) is 9.15. The summed E-state index contributed by atoms with van der Waals surface area (Å²) in [7, 11) is 0. The molecule has 19 heavy (non-hydrogen) atoms. The Bertz CT molecular complexity index is 662. The fourth-order valence-electron chi connectivity index (χ4n) is 2.50. The summed E-state index contributed by atoms with van der Waals surface area (Å²) in [5.74, 6) is -1.54. The third kappa shape index (κ3) is 2.16. The van der Waals surface area contributed by atoms with Gasteiger partial charge in [-0.15, -0.1) is 0 Å². The fourth-order valence-corrected chi connectivity index (χ4v) is 2.50. The summed E-state index contributed by atoms with van der Waals surface area (Å²) in [5, 5.41) is 0. The number of rotatable bonds is 1. The zero-order valence-electron chi connectivity index (χ0n) is 10.2. The van der Waals surface area contributed by atoms with E-state index in [2.05, 4.69) is 0 Å². The monoisotopic (exact) mass is 258 g/mol. The Balaban J connectivity index is 2.06. The largest absolute Gasteiger partial charge is 0.294 e. The minimum atomic E-state index is -0.855. The lowest BCUT2D eigenvalue weighted by molar-refractivity contribution is 0.0972. The molecule has 0 bridgehead atoms. The van der Waals surface area contributed by atoms with Crippen LogP contribution in [0.1, 0.15) is 28.8 Å². The van der Waals surface area contributed by atoms with Crippen molar-refractivity contribution in [3.05, 3.63) is 59.2 Å². The molecule has 0 N–H and O–H groups in total. The van der Waals surface area contributed by atoms with Gasteiger partial charge in [0.05, 0.1) is 0 Å². The topological polar surface area (TPSA) is 17.1 Å². The van der Waals surface area contributed by atoms with Gasteiger partial charge < -0.3 is 0 Å². The van der Waals surface area contributed by atoms with Crippen LogP contribution in [-0.2, 0) is 6.42 Å². The van der Waals surface area contributed by atoms with Gasteiger partial charge in [-0.1, -0.05) is 24.3 Å². The Kier molecular flexibility index (Phi) is 2.90. The normalized spacial score (nSPS) is 14.3. The zero-order chi connectivity index (χ0) is 13.4. The van der Waals surface area contributed by atoms with E-state index in [0.29, 0.717) is 12.0 Å². The summed E-state index contributed by atoms with van der Waals surface area (Å²) >= 11 is 0. The number of carbonyl (C=O) groups is 1. The van der Waals surface area contributed by atoms with E-state index in [4.69, 9.17) is 0 Å². The average Bonchev–Trinajstić information content (AvgIpc) is 2.42. The number of Topliss-reactive ketones (excluding diaryl/α,β-unsaturated/α-hetero) is 1. The van der Waals surface area contributed by atoms with Gasteiger partial charge >= 0.3 is 0 Å². The first-order valence-electron chi connectivity index (χ1n) is 6.27. The van der Waals surface area contributed by atoms with E-state index in [-0.39, 0.29) is 5.78 Å². The Labute approximate surface area is 109 Å². The van der Waals surface area contributed by atoms with Crippen LogP contribution in [0.5, 0.6) is 0 Å². The molecule has 1 aliphatic rings. The first kappa shape index (κ1) is 12.0. The van der Waals surface area contributed by atoms with Gasteiger partial charge in [0.25, 0.3) is 0 Å². The molecule has 2 aromatic carbocycles. The lowest BCUT2D eigenvalue weighted by Gasteiger charge is -2.15. The highest BCUT2D eigenvalue weighted by molar-refractivity contribution is 5.99. The molecule has 3 heteroatoms. The zero-order valence-corrected chi connectivity index (χ0v) is 10.2. The molecular formula is C16H12F2O. The van der Waals surface area contributed by atoms with Crippen LogP contribution in [0.3, 0.4) is 0 Å². The summed E-state index contributed by atoms with van der Waals surface area (Å²) in [6.07, 6.45) is 2.31. The lowest BCUT2D eigenvalue weighted by Crippen LogP contribution is -2.10. The van der Waals surface area contributed by atoms with E-state index in [1.165, 1.54) is 6.07 Å². The van der Waals surface area contributed by atoms with Crippen molar-refractivity contribution >= 4 is 5.78 Å². The third-order valence-electron chi connectivity index (χ3n) is 3.51. The summed E-state index contributed by atoms with van der Waals surface area (Å²) in [6, 6.07) is 9.32. The van der Waals surface area contributed by atoms with Crippen LogP contribution in [0, 0.1) is 11.6 Å². The molecule has 0 fully saturated rings. The number of carbonyl (C=O) groups excluding carboxylic acids is 1. The van der Waals surface area contributed by atoms with Gasteiger partial charge in [-0.2, -0.15) is 0 Å². The second-order valence-corrected chi connectivity index (χ2v) is 4.78. The predicted octanol–water partition coefficient (Wildman–Crippen LogP) is 4.15. The van der Waals surface area contributed by atoms with Crippen LogP contribution in [0.25, 0.3) is 11.1 Å². The molecule has 0 radical (unpaired) electrons. The maximum Gasteiger partial charge on any atom is 0.163 e. The number of hydrogen-bond donors (Lipinski definition) is 0. The van der Waals surface area contributed by atoms with Crippen molar-refractivity contribution in [1.82, 2.24) is 0 Å². The standard InChI is InChI=1S/C16H12F2O/c17-14-7-5-11(9-15(14)18)10-4-6-13-12(8-10)2-1-3-16(13)19/h4-9H,1-3H2. The molecule has 96 valence electrons. The van der Waals surface area contributed by atoms with Crippen LogP contribution in [0.4, 0.5) is 8.78 Å². The van der Waals surface area contributed by atoms with Crippen molar-refractivity contribution < 1.29 is 13.6 Å². The molecule has 0 heterocycles. The van der Waals surface area contributed by atoms with E-state index in [1.54, 1.807) is 18.2 Å². The number of halogens is 2. The Morgan fingerprint density at radius 1 is 0.842 bits per heavy atom. The SMILES string of the molecule is O=C1CCCc2cc(-c3ccc(F)c(F)c3)ccc21. The number of benzene rings is 2. The van der Waals surface area contributed by atoms with E-state index in [9.17, 15) is 13.6 Å². The van der Waals surface area contributed by atoms with Crippen molar-refractivity contribution in [2.45, 2.75) is 19.3 Å². The van der Waals surface area contributed by atoms with Gasteiger partial charge in [-0.25, -0.2) is 8.78 Å². The minimum absolute atomic E-state index is 0.165. The molecule has 1 nitrogen and oxygen atoms in total. The van der Waals surface area contributed by atoms with Gasteiger partial charge in [0.2, 0.25) is 0 Å². The van der Waals surface area contributed by atoms with Crippen molar-refractivity contribution in [3.63, 3.8) is 0 Å². The van der Waals surface area contributed by atoms with Gasteiger partial charge in [0.15, 0.2) is 17.4 Å². The third-order valence-corrected chi connectivity index (χ3v) is 3.51. The highest BCUT2D eigenvalue weighted by Gasteiger charge is 2.17. The Morgan fingerprint density at radius 2 is 1.58 bits per heavy atom. The highest BCUT2D eigenvalue weighted by atomic mass is 19.2. The molecule has 1 aliphatic carbocycles. The van der Waals surface area contributed by atoms with Gasteiger partial charge in [-0.05, 0) is 41.7 Å². The second kappa shape index (κ2) is 4.57. The molecule has 0 saturated heterocycles. The maximum absolute atomic E-state index is 13.2. The summed E-state index contributed by atoms with van der Waals surface area (Å²) in [4.78, 5) is 11.7. The average molecular weight is 258 g/mol. The van der Waals surface area contributed by atoms with Gasteiger partial charge in [-0.3, -0.25) is 4.79 Å². The van der Waals surface area contributed by atoms with Crippen molar-refractivity contribution in [3.8, 4) is 11.1 Å². The molecule has 3 rings (SSSR count). The summed E-state index contributed by atoms with van der Waals surface area (Å²) < 4.78 is 26.2. The predicted molar refractivity (Wildman–Crippen MR) is 69.1 cm³/mol. The van der Waals surface area contributed by atoms with Crippen molar-refractivity contribution in [1.29, 1.82) is 0 Å². The quantitative estimate of drug-likeness (QED) is 0.751. The van der Waals surface area contributed by atoms with Crippen LogP contribution in [-0.4, -0.2) is 5.78 Å². The summed E-state index contributed by atoms with van der Waals surface area (Å²) in [5.41, 5.74) is 3.20. The molecule has 0 spiro atoms. The van der Waals surface area contributed by atoms with Crippen LogP contribution >= 0.6 is 0 Å². The lowest BCUT2D eigenvalue weighted by atomic mass is 9.88. The Hall–Kier alpha value is -2.03. The minimum Gasteiger partial charge on any atom is -0.294 e. The van der Waals surface area contributed by atoms with Crippen LogP contribution < -0.4 is 0 Å². The number of ketones is 1. The number of aryl methyl sites for hydroxylation is 1. The first-order valence-corrected chi connectivity index (χ1v) is 6.27. The van der Waals surface area contributed by atoms with Crippen molar-refractivity contribution in [2.24, 2.45) is 0 Å². The van der Waals surface area contributed by atoms with E-state index < -0.39 is 11.6 Å². The second-order valence-electron chi connectivity index (χ2n) is 4.78. The number of fused-ring (bicyclic) bond motifs is 1. The molecule has 0 aromatic heterocycles. The van der Waals surface area contributed by atoms with Crippen LogP contribution in [0.15, 0.2) is 36.4 Å². The molecule has 0 amide bonds. The van der Waals surface area contributed by atoms with Gasteiger partial charge in [0.1, 0.15) is 0 Å².